The monoisotopic (exact) mass is 159 g/mol. The van der Waals surface area contributed by atoms with Crippen LogP contribution in [-0.4, -0.2) is 46.2 Å². The van der Waals surface area contributed by atoms with Crippen LogP contribution in [0.5, 0.6) is 0 Å². The van der Waals surface area contributed by atoms with Gasteiger partial charge in [-0.05, 0) is 6.42 Å². The minimum atomic E-state index is -1.46. The lowest BCUT2D eigenvalue weighted by atomic mass is 10.3. The van der Waals surface area contributed by atoms with Crippen molar-refractivity contribution < 1.29 is 19.8 Å². The summed E-state index contributed by atoms with van der Waals surface area (Å²) in [4.78, 5) is 22.0. The van der Waals surface area contributed by atoms with Crippen LogP contribution in [0.3, 0.4) is 0 Å². The van der Waals surface area contributed by atoms with Crippen molar-refractivity contribution in [2.75, 3.05) is 13.1 Å². The molecule has 0 aromatic carbocycles. The molecule has 0 bridgehead atoms. The lowest BCUT2D eigenvalue weighted by molar-refractivity contribution is -0.155. The first kappa shape index (κ1) is 8.00. The molecular weight excluding hydrogens is 150 g/mol. The topological polar surface area (TPSA) is 77.8 Å². The summed E-state index contributed by atoms with van der Waals surface area (Å²) in [5, 5.41) is 17.2. The molecule has 1 amide bonds. The maximum absolute atomic E-state index is 10.7. The van der Waals surface area contributed by atoms with E-state index in [0.29, 0.717) is 13.0 Å². The molecule has 11 heavy (non-hydrogen) atoms. The largest absolute Gasteiger partial charge is 0.474 e. The number of β-amino-alcohol motifs (C(OH)–C–C–N with tert-alkyl or cyclic N) is 1. The molecule has 2 N–H and O–H groups in total. The first-order chi connectivity index (χ1) is 5.11. The Morgan fingerprint density at radius 3 is 2.45 bits per heavy atom. The van der Waals surface area contributed by atoms with Gasteiger partial charge >= 0.3 is 11.9 Å². The van der Waals surface area contributed by atoms with Gasteiger partial charge in [-0.3, -0.25) is 4.79 Å². The highest BCUT2D eigenvalue weighted by Gasteiger charge is 2.28. The predicted octanol–water partition coefficient (Wildman–Crippen LogP) is -1.34. The average molecular weight is 159 g/mol. The highest BCUT2D eigenvalue weighted by atomic mass is 16.4. The fourth-order valence-corrected chi connectivity index (χ4v) is 1.06. The molecule has 1 aliphatic heterocycles. The second-order valence-corrected chi connectivity index (χ2v) is 2.50. The van der Waals surface area contributed by atoms with Crippen molar-refractivity contribution in [2.45, 2.75) is 12.5 Å². The number of carboxylic acid groups (broad SMARTS) is 1. The van der Waals surface area contributed by atoms with E-state index in [-0.39, 0.29) is 6.54 Å². The van der Waals surface area contributed by atoms with Gasteiger partial charge in [-0.1, -0.05) is 0 Å². The van der Waals surface area contributed by atoms with Gasteiger partial charge in [-0.15, -0.1) is 0 Å². The van der Waals surface area contributed by atoms with Crippen LogP contribution >= 0.6 is 0 Å². The minimum absolute atomic E-state index is 0.144. The number of carboxylic acids is 1. The van der Waals surface area contributed by atoms with Crippen LogP contribution in [0.2, 0.25) is 0 Å². The molecule has 0 saturated carbocycles. The first-order valence-corrected chi connectivity index (χ1v) is 3.31. The summed E-state index contributed by atoms with van der Waals surface area (Å²) < 4.78 is 0. The molecule has 0 aromatic heterocycles. The Morgan fingerprint density at radius 2 is 2.09 bits per heavy atom. The molecule has 0 aromatic rings. The maximum atomic E-state index is 10.7. The molecular formula is C6H9NO4. The Kier molecular flexibility index (Phi) is 2.09. The van der Waals surface area contributed by atoms with Gasteiger partial charge in [0.2, 0.25) is 0 Å². The number of carbonyl (C=O) groups is 2. The van der Waals surface area contributed by atoms with Crippen LogP contribution < -0.4 is 0 Å². The van der Waals surface area contributed by atoms with E-state index < -0.39 is 18.0 Å². The quantitative estimate of drug-likeness (QED) is 0.429. The molecule has 1 saturated heterocycles. The van der Waals surface area contributed by atoms with E-state index in [4.69, 9.17) is 10.2 Å². The maximum Gasteiger partial charge on any atom is 0.394 e. The van der Waals surface area contributed by atoms with Crippen LogP contribution in [0.25, 0.3) is 0 Å². The lowest BCUT2D eigenvalue weighted by Gasteiger charge is -2.10. The molecule has 0 spiro atoms. The van der Waals surface area contributed by atoms with Gasteiger partial charge in [0, 0.05) is 13.1 Å². The summed E-state index contributed by atoms with van der Waals surface area (Å²) >= 11 is 0. The summed E-state index contributed by atoms with van der Waals surface area (Å²) in [5.41, 5.74) is 0. The third kappa shape index (κ3) is 1.68. The number of carbonyl (C=O) groups excluding carboxylic acids is 1. The van der Waals surface area contributed by atoms with E-state index in [9.17, 15) is 9.59 Å². The summed E-state index contributed by atoms with van der Waals surface area (Å²) in [6, 6.07) is 0. The second-order valence-electron chi connectivity index (χ2n) is 2.50. The zero-order chi connectivity index (χ0) is 8.43. The van der Waals surface area contributed by atoms with E-state index in [0.717, 1.165) is 4.90 Å². The van der Waals surface area contributed by atoms with Gasteiger partial charge in [-0.2, -0.15) is 0 Å². The lowest BCUT2D eigenvalue weighted by Crippen LogP contribution is -2.35. The van der Waals surface area contributed by atoms with Gasteiger partial charge in [0.05, 0.1) is 6.10 Å². The Bertz CT molecular complexity index is 191. The molecule has 0 radical (unpaired) electrons. The molecule has 1 aliphatic rings. The number of amides is 1. The number of aliphatic hydroxyl groups is 1. The Labute approximate surface area is 63.2 Å². The summed E-state index contributed by atoms with van der Waals surface area (Å²) in [6.07, 6.45) is -0.0859. The van der Waals surface area contributed by atoms with Crippen LogP contribution in [0.15, 0.2) is 0 Å². The molecule has 1 rings (SSSR count). The Morgan fingerprint density at radius 1 is 1.45 bits per heavy atom. The summed E-state index contributed by atoms with van der Waals surface area (Å²) in [7, 11) is 0. The number of hydrogen-bond donors (Lipinski definition) is 2. The van der Waals surface area contributed by atoms with Crippen molar-refractivity contribution >= 4 is 11.9 Å². The number of aliphatic carboxylic acids is 1. The zero-order valence-electron chi connectivity index (χ0n) is 5.86. The van der Waals surface area contributed by atoms with Crippen molar-refractivity contribution in [3.05, 3.63) is 0 Å². The zero-order valence-corrected chi connectivity index (χ0v) is 5.86. The van der Waals surface area contributed by atoms with Crippen molar-refractivity contribution in [1.29, 1.82) is 0 Å². The SMILES string of the molecule is O=C(O)C(=O)N1CCC(O)C1. The third-order valence-corrected chi connectivity index (χ3v) is 1.63. The van der Waals surface area contributed by atoms with Crippen LogP contribution in [0.1, 0.15) is 6.42 Å². The van der Waals surface area contributed by atoms with Crippen molar-refractivity contribution in [3.63, 3.8) is 0 Å². The van der Waals surface area contributed by atoms with Gasteiger partial charge in [0.15, 0.2) is 0 Å². The van der Waals surface area contributed by atoms with Crippen molar-refractivity contribution in [1.82, 2.24) is 4.90 Å². The van der Waals surface area contributed by atoms with Gasteiger partial charge in [0.1, 0.15) is 0 Å². The van der Waals surface area contributed by atoms with E-state index in [1.165, 1.54) is 0 Å². The smallest absolute Gasteiger partial charge is 0.394 e. The van der Waals surface area contributed by atoms with E-state index in [1.807, 2.05) is 0 Å². The van der Waals surface area contributed by atoms with Gasteiger partial charge in [-0.25, -0.2) is 4.79 Å². The highest BCUT2D eigenvalue weighted by Crippen LogP contribution is 2.08. The highest BCUT2D eigenvalue weighted by molar-refractivity contribution is 6.31. The summed E-state index contributed by atoms with van der Waals surface area (Å²) in [6.45, 7) is 0.484. The molecule has 1 atom stereocenters. The number of aliphatic hydroxyl groups excluding tert-OH is 1. The van der Waals surface area contributed by atoms with Crippen LogP contribution in [0, 0.1) is 0 Å². The van der Waals surface area contributed by atoms with E-state index in [1.54, 1.807) is 0 Å². The standard InChI is InChI=1S/C6H9NO4/c8-4-1-2-7(3-4)5(9)6(10)11/h4,8H,1-3H2,(H,10,11). The summed E-state index contributed by atoms with van der Waals surface area (Å²) in [5.74, 6) is -2.39. The molecule has 1 fully saturated rings. The van der Waals surface area contributed by atoms with E-state index >= 15 is 0 Å². The normalized spacial score (nSPS) is 23.7. The van der Waals surface area contributed by atoms with Gasteiger partial charge < -0.3 is 15.1 Å². The molecule has 1 heterocycles. The third-order valence-electron chi connectivity index (χ3n) is 1.63. The minimum Gasteiger partial charge on any atom is -0.474 e. The fourth-order valence-electron chi connectivity index (χ4n) is 1.06. The first-order valence-electron chi connectivity index (χ1n) is 3.31. The molecule has 1 unspecified atom stereocenters. The Hall–Kier alpha value is -1.10. The van der Waals surface area contributed by atoms with Crippen molar-refractivity contribution in [2.24, 2.45) is 0 Å². The number of hydrogen-bond acceptors (Lipinski definition) is 3. The van der Waals surface area contributed by atoms with Crippen molar-refractivity contribution in [3.8, 4) is 0 Å². The average Bonchev–Trinajstić information content (AvgIpc) is 2.34. The molecule has 0 aliphatic carbocycles. The predicted molar refractivity (Wildman–Crippen MR) is 34.8 cm³/mol. The van der Waals surface area contributed by atoms with E-state index in [2.05, 4.69) is 0 Å². The van der Waals surface area contributed by atoms with Gasteiger partial charge in [0.25, 0.3) is 0 Å². The number of nitrogens with zero attached hydrogens (tertiary/aromatic N) is 1. The molecule has 62 valence electrons. The van der Waals surface area contributed by atoms with Crippen LogP contribution in [-0.2, 0) is 9.59 Å². The fraction of sp³-hybridized carbons (Fsp3) is 0.667. The second kappa shape index (κ2) is 2.87. The van der Waals surface area contributed by atoms with Crippen LogP contribution in [0.4, 0.5) is 0 Å². The Balaban J connectivity index is 2.50. The number of likely N-dealkylation sites (tertiary alicyclic amines) is 1. The number of rotatable bonds is 0. The molecule has 5 heteroatoms. The molecule has 5 nitrogen and oxygen atoms in total.